The molecular formula is C34H30Br2N2. The summed E-state index contributed by atoms with van der Waals surface area (Å²) in [6, 6.07) is 29.5. The Balaban J connectivity index is 0.00000200. The second-order valence-electron chi connectivity index (χ2n) is 8.98. The Labute approximate surface area is 246 Å². The summed E-state index contributed by atoms with van der Waals surface area (Å²) in [5, 5.41) is 5.10. The summed E-state index contributed by atoms with van der Waals surface area (Å²) in [6.45, 7) is 1.94. The van der Waals surface area contributed by atoms with Crippen LogP contribution in [-0.2, 0) is 13.1 Å². The van der Waals surface area contributed by atoms with E-state index in [1.54, 1.807) is 0 Å². The molecule has 0 atom stereocenters. The van der Waals surface area contributed by atoms with E-state index < -0.39 is 0 Å². The van der Waals surface area contributed by atoms with E-state index in [0.29, 0.717) is 0 Å². The molecule has 5 rings (SSSR count). The molecule has 0 bridgehead atoms. The average molecular weight is 626 g/mol. The van der Waals surface area contributed by atoms with Gasteiger partial charge in [-0.05, 0) is 35.0 Å². The molecule has 0 amide bonds. The lowest BCUT2D eigenvalue weighted by molar-refractivity contribution is -0.696. The fourth-order valence-corrected chi connectivity index (χ4v) is 4.35. The van der Waals surface area contributed by atoms with E-state index >= 15 is 0 Å². The second kappa shape index (κ2) is 15.1. The molecule has 0 aliphatic carbocycles. The van der Waals surface area contributed by atoms with E-state index in [1.807, 2.05) is 12.1 Å². The summed E-state index contributed by atoms with van der Waals surface area (Å²) in [4.78, 5) is 0. The summed E-state index contributed by atoms with van der Waals surface area (Å²) in [5.74, 6) is 13.4. The van der Waals surface area contributed by atoms with Crippen LogP contribution < -0.4 is 43.1 Å². The summed E-state index contributed by atoms with van der Waals surface area (Å²) in [7, 11) is 0. The molecule has 190 valence electrons. The van der Waals surface area contributed by atoms with Crippen molar-refractivity contribution in [2.24, 2.45) is 0 Å². The van der Waals surface area contributed by atoms with Gasteiger partial charge in [-0.3, -0.25) is 0 Å². The van der Waals surface area contributed by atoms with Gasteiger partial charge in [-0.1, -0.05) is 72.2 Å². The number of aromatic nitrogens is 2. The zero-order chi connectivity index (χ0) is 24.4. The first kappa shape index (κ1) is 29.1. The Kier molecular flexibility index (Phi) is 11.6. The number of aryl methyl sites for hydroxylation is 2. The largest absolute Gasteiger partial charge is 1.00 e. The number of unbranched alkanes of at least 4 members (excludes halogenated alkanes) is 2. The summed E-state index contributed by atoms with van der Waals surface area (Å²) < 4.78 is 4.50. The number of hydrogen-bond acceptors (Lipinski definition) is 0. The van der Waals surface area contributed by atoms with Gasteiger partial charge < -0.3 is 34.0 Å². The van der Waals surface area contributed by atoms with Crippen molar-refractivity contribution in [2.45, 2.75) is 38.8 Å². The van der Waals surface area contributed by atoms with Gasteiger partial charge in [0.25, 0.3) is 0 Å². The first-order chi connectivity index (χ1) is 17.8. The Morgan fingerprint density at radius 3 is 1.32 bits per heavy atom. The van der Waals surface area contributed by atoms with Gasteiger partial charge in [-0.15, -0.1) is 0 Å². The van der Waals surface area contributed by atoms with Crippen LogP contribution in [-0.4, -0.2) is 0 Å². The van der Waals surface area contributed by atoms with Crippen molar-refractivity contribution in [1.29, 1.82) is 0 Å². The minimum atomic E-state index is 0. The topological polar surface area (TPSA) is 7.76 Å². The quantitative estimate of drug-likeness (QED) is 0.145. The van der Waals surface area contributed by atoms with Gasteiger partial charge in [0.05, 0.1) is 0 Å². The van der Waals surface area contributed by atoms with Gasteiger partial charge in [0, 0.05) is 59.7 Å². The van der Waals surface area contributed by atoms with Crippen molar-refractivity contribution < 1.29 is 43.1 Å². The predicted octanol–water partition coefficient (Wildman–Crippen LogP) is 0.240. The first-order valence-electron chi connectivity index (χ1n) is 12.7. The van der Waals surface area contributed by atoms with Crippen LogP contribution in [0.3, 0.4) is 0 Å². The first-order valence-corrected chi connectivity index (χ1v) is 12.7. The molecule has 0 aliphatic rings. The van der Waals surface area contributed by atoms with Crippen LogP contribution in [0.5, 0.6) is 0 Å². The normalized spacial score (nSPS) is 9.89. The molecule has 0 unspecified atom stereocenters. The minimum absolute atomic E-state index is 0. The molecule has 2 nitrogen and oxygen atoms in total. The third-order valence-corrected chi connectivity index (χ3v) is 6.30. The van der Waals surface area contributed by atoms with Crippen LogP contribution in [0.25, 0.3) is 21.5 Å². The highest BCUT2D eigenvalue weighted by molar-refractivity contribution is 5.81. The van der Waals surface area contributed by atoms with Crippen LogP contribution >= 0.6 is 0 Å². The Morgan fingerprint density at radius 2 is 0.868 bits per heavy atom. The molecule has 0 saturated heterocycles. The minimum Gasteiger partial charge on any atom is -1.00 e. The lowest BCUT2D eigenvalue weighted by Gasteiger charge is -1.98. The number of fused-ring (bicyclic) bond motifs is 2. The lowest BCUT2D eigenvalue weighted by Crippen LogP contribution is -3.00. The molecule has 3 aromatic carbocycles. The number of benzene rings is 3. The number of halogens is 2. The lowest BCUT2D eigenvalue weighted by atomic mass is 10.1. The van der Waals surface area contributed by atoms with Crippen LogP contribution in [0, 0.1) is 23.7 Å². The number of pyridine rings is 2. The fraction of sp³-hybridized carbons (Fsp3) is 0.176. The molecule has 0 spiro atoms. The van der Waals surface area contributed by atoms with Crippen LogP contribution in [0.15, 0.2) is 110 Å². The van der Waals surface area contributed by atoms with Crippen molar-refractivity contribution in [2.75, 3.05) is 0 Å². The predicted molar refractivity (Wildman–Crippen MR) is 147 cm³/mol. The van der Waals surface area contributed by atoms with Gasteiger partial charge in [0.15, 0.2) is 24.8 Å². The average Bonchev–Trinajstić information content (AvgIpc) is 2.93. The monoisotopic (exact) mass is 624 g/mol. The highest BCUT2D eigenvalue weighted by Crippen LogP contribution is 2.11. The summed E-state index contributed by atoms with van der Waals surface area (Å²) in [6.07, 6.45) is 12.5. The van der Waals surface area contributed by atoms with E-state index in [-0.39, 0.29) is 34.0 Å². The van der Waals surface area contributed by atoms with E-state index in [2.05, 4.69) is 130 Å². The van der Waals surface area contributed by atoms with E-state index in [4.69, 9.17) is 0 Å². The van der Waals surface area contributed by atoms with E-state index in [1.165, 1.54) is 21.5 Å². The third kappa shape index (κ3) is 8.03. The molecule has 38 heavy (non-hydrogen) atoms. The van der Waals surface area contributed by atoms with Crippen LogP contribution in [0.1, 0.15) is 36.8 Å². The molecule has 4 heteroatoms. The van der Waals surface area contributed by atoms with E-state index in [0.717, 1.165) is 49.9 Å². The van der Waals surface area contributed by atoms with Gasteiger partial charge in [-0.25, -0.2) is 9.13 Å². The SMILES string of the molecule is C(#Cc1ccccc1C#CCCC[n+]1ccc2ccccc2c1)CCC[n+]1ccc2ccccc2c1.[Br-].[Br-]. The smallest absolute Gasteiger partial charge is 0.176 e. The van der Waals surface area contributed by atoms with Crippen molar-refractivity contribution in [3.8, 4) is 23.7 Å². The maximum atomic E-state index is 3.35. The number of nitrogens with zero attached hydrogens (tertiary/aromatic N) is 2. The molecule has 2 aromatic heterocycles. The molecule has 0 saturated carbocycles. The van der Waals surface area contributed by atoms with Gasteiger partial charge >= 0.3 is 0 Å². The van der Waals surface area contributed by atoms with Crippen molar-refractivity contribution in [3.05, 3.63) is 121 Å². The van der Waals surface area contributed by atoms with Crippen LogP contribution in [0.2, 0.25) is 0 Å². The number of hydrogen-bond donors (Lipinski definition) is 0. The fourth-order valence-electron chi connectivity index (χ4n) is 4.35. The zero-order valence-corrected chi connectivity index (χ0v) is 24.5. The van der Waals surface area contributed by atoms with E-state index in [9.17, 15) is 0 Å². The molecule has 5 aromatic rings. The summed E-state index contributed by atoms with van der Waals surface area (Å²) in [5.41, 5.74) is 2.04. The molecule has 0 N–H and O–H groups in total. The molecule has 0 aliphatic heterocycles. The third-order valence-electron chi connectivity index (χ3n) is 6.30. The van der Waals surface area contributed by atoms with Crippen molar-refractivity contribution >= 4 is 21.5 Å². The maximum Gasteiger partial charge on any atom is 0.176 e. The molecule has 2 heterocycles. The van der Waals surface area contributed by atoms with Crippen molar-refractivity contribution in [3.63, 3.8) is 0 Å². The molecular weight excluding hydrogens is 596 g/mol. The van der Waals surface area contributed by atoms with Crippen molar-refractivity contribution in [1.82, 2.24) is 0 Å². The summed E-state index contributed by atoms with van der Waals surface area (Å²) >= 11 is 0. The standard InChI is InChI=1S/C34H30N2.2BrH/c1(11-23-35-25-21-31-17-7-9-19-33(31)27-35)3-13-29-15-5-6-16-30(29)14-4-2-12-24-36-26-22-32-18-8-10-20-34(32)28-36;;/h5-10,15-22,25-28H,1-2,11-12,23-24H2;2*1H/q+2;;/p-2. The van der Waals surface area contributed by atoms with Crippen LogP contribution in [0.4, 0.5) is 0 Å². The Morgan fingerprint density at radius 1 is 0.474 bits per heavy atom. The Bertz CT molecular complexity index is 1500. The maximum absolute atomic E-state index is 3.35. The molecule has 0 radical (unpaired) electrons. The second-order valence-corrected chi connectivity index (χ2v) is 8.98. The van der Waals surface area contributed by atoms with Gasteiger partial charge in [-0.2, -0.15) is 0 Å². The van der Waals surface area contributed by atoms with Gasteiger partial charge in [0.1, 0.15) is 13.1 Å². The highest BCUT2D eigenvalue weighted by atomic mass is 79.9. The van der Waals surface area contributed by atoms with Gasteiger partial charge in [0.2, 0.25) is 0 Å². The highest BCUT2D eigenvalue weighted by Gasteiger charge is 2.03. The molecule has 0 fully saturated rings. The Hall–Kier alpha value is -3.44. The number of rotatable bonds is 6. The zero-order valence-electron chi connectivity index (χ0n) is 21.3.